The Kier molecular flexibility index (Phi) is 6.32. The molecule has 1 amide bonds. The summed E-state index contributed by atoms with van der Waals surface area (Å²) < 4.78 is 0. The van der Waals surface area contributed by atoms with Crippen LogP contribution in [0.15, 0.2) is 72.9 Å². The Morgan fingerprint density at radius 2 is 1.61 bits per heavy atom. The molecule has 0 saturated carbocycles. The molecule has 4 aromatic rings. The molecule has 0 aliphatic rings. The highest BCUT2D eigenvalue weighted by Gasteiger charge is 2.06. The van der Waals surface area contributed by atoms with E-state index in [1.807, 2.05) is 61.5 Å². The Balaban J connectivity index is 1.22. The van der Waals surface area contributed by atoms with Crippen molar-refractivity contribution in [3.8, 4) is 0 Å². The van der Waals surface area contributed by atoms with E-state index in [0.29, 0.717) is 31.1 Å². The van der Waals surface area contributed by atoms with Gasteiger partial charge in [-0.15, -0.1) is 10.2 Å². The number of pyridine rings is 1. The van der Waals surface area contributed by atoms with E-state index in [1.54, 1.807) is 6.20 Å². The summed E-state index contributed by atoms with van der Waals surface area (Å²) >= 11 is 0. The van der Waals surface area contributed by atoms with Crippen molar-refractivity contribution >= 4 is 34.1 Å². The van der Waals surface area contributed by atoms with Crippen LogP contribution >= 0.6 is 0 Å². The smallest absolute Gasteiger partial charge is 0.224 e. The van der Waals surface area contributed by atoms with Crippen LogP contribution in [-0.4, -0.2) is 34.2 Å². The van der Waals surface area contributed by atoms with Gasteiger partial charge in [0.15, 0.2) is 5.82 Å². The number of aryl methyl sites for hydroxylation is 1. The van der Waals surface area contributed by atoms with Crippen molar-refractivity contribution in [1.29, 1.82) is 0 Å². The van der Waals surface area contributed by atoms with Gasteiger partial charge in [-0.3, -0.25) is 4.79 Å². The Bertz CT molecular complexity index is 1150. The number of aromatic nitrogens is 3. The molecule has 0 bridgehead atoms. The summed E-state index contributed by atoms with van der Waals surface area (Å²) in [6.45, 7) is 3.05. The van der Waals surface area contributed by atoms with Gasteiger partial charge in [-0.2, -0.15) is 0 Å². The lowest BCUT2D eigenvalue weighted by Gasteiger charge is -2.09. The molecule has 3 N–H and O–H groups in total. The molecule has 2 aromatic carbocycles. The molecule has 156 valence electrons. The minimum atomic E-state index is -0.00520. The third-order valence-corrected chi connectivity index (χ3v) is 4.82. The standard InChI is InChI=1S/C24H24N6O/c1-17-9-10-21(27-16-17)28-23-12-11-22(29-30-23)25-13-14-26-24(31)15-19-7-4-6-18-5-2-3-8-20(18)19/h2-12,16H,13-15H2,1H3,(H,25,29)(H,26,31)(H,27,28,30). The molecular formula is C24H24N6O. The van der Waals surface area contributed by atoms with Gasteiger partial charge in [0.2, 0.25) is 5.91 Å². The van der Waals surface area contributed by atoms with Crippen molar-refractivity contribution in [1.82, 2.24) is 20.5 Å². The van der Waals surface area contributed by atoms with E-state index >= 15 is 0 Å². The normalized spacial score (nSPS) is 10.6. The van der Waals surface area contributed by atoms with E-state index in [9.17, 15) is 4.79 Å². The van der Waals surface area contributed by atoms with Gasteiger partial charge in [0, 0.05) is 19.3 Å². The predicted octanol–water partition coefficient (Wildman–Crippen LogP) is 3.85. The number of fused-ring (bicyclic) bond motifs is 1. The highest BCUT2D eigenvalue weighted by molar-refractivity contribution is 5.90. The summed E-state index contributed by atoms with van der Waals surface area (Å²) in [5.74, 6) is 1.97. The number of anilines is 3. The largest absolute Gasteiger partial charge is 0.367 e. The summed E-state index contributed by atoms with van der Waals surface area (Å²) in [5, 5.41) is 19.8. The van der Waals surface area contributed by atoms with E-state index in [1.165, 1.54) is 0 Å². The molecule has 0 saturated heterocycles. The van der Waals surface area contributed by atoms with Gasteiger partial charge in [-0.25, -0.2) is 4.98 Å². The second kappa shape index (κ2) is 9.67. The Morgan fingerprint density at radius 3 is 2.42 bits per heavy atom. The fourth-order valence-corrected chi connectivity index (χ4v) is 3.24. The fourth-order valence-electron chi connectivity index (χ4n) is 3.24. The van der Waals surface area contributed by atoms with Crippen LogP contribution in [0.25, 0.3) is 10.8 Å². The van der Waals surface area contributed by atoms with Crippen molar-refractivity contribution < 1.29 is 4.79 Å². The van der Waals surface area contributed by atoms with Gasteiger partial charge in [-0.05, 0) is 47.0 Å². The number of benzene rings is 2. The number of nitrogens with zero attached hydrogens (tertiary/aromatic N) is 3. The first-order valence-corrected chi connectivity index (χ1v) is 10.2. The quantitative estimate of drug-likeness (QED) is 0.381. The van der Waals surface area contributed by atoms with Crippen LogP contribution in [0.5, 0.6) is 0 Å². The van der Waals surface area contributed by atoms with E-state index in [2.05, 4.69) is 43.3 Å². The van der Waals surface area contributed by atoms with E-state index in [-0.39, 0.29) is 5.91 Å². The van der Waals surface area contributed by atoms with Gasteiger partial charge in [0.1, 0.15) is 11.6 Å². The van der Waals surface area contributed by atoms with Crippen molar-refractivity contribution in [3.05, 3.63) is 84.1 Å². The molecule has 0 aliphatic heterocycles. The number of nitrogens with one attached hydrogen (secondary N) is 3. The monoisotopic (exact) mass is 412 g/mol. The Hall–Kier alpha value is -4.00. The van der Waals surface area contributed by atoms with E-state index in [4.69, 9.17) is 0 Å². The highest BCUT2D eigenvalue weighted by atomic mass is 16.1. The summed E-state index contributed by atoms with van der Waals surface area (Å²) in [5.41, 5.74) is 2.13. The molecule has 2 heterocycles. The second-order valence-electron chi connectivity index (χ2n) is 7.24. The van der Waals surface area contributed by atoms with Crippen molar-refractivity contribution in [3.63, 3.8) is 0 Å². The molecule has 0 radical (unpaired) electrons. The Morgan fingerprint density at radius 1 is 0.839 bits per heavy atom. The number of rotatable bonds is 8. The third-order valence-electron chi connectivity index (χ3n) is 4.82. The molecule has 4 rings (SSSR count). The molecule has 0 atom stereocenters. The average Bonchev–Trinajstić information content (AvgIpc) is 2.80. The first-order valence-electron chi connectivity index (χ1n) is 10.2. The van der Waals surface area contributed by atoms with Crippen LogP contribution in [0.4, 0.5) is 17.5 Å². The zero-order valence-corrected chi connectivity index (χ0v) is 17.3. The van der Waals surface area contributed by atoms with Gasteiger partial charge < -0.3 is 16.0 Å². The third kappa shape index (κ3) is 5.54. The maximum absolute atomic E-state index is 12.3. The highest BCUT2D eigenvalue weighted by Crippen LogP contribution is 2.18. The van der Waals surface area contributed by atoms with Gasteiger partial charge >= 0.3 is 0 Å². The van der Waals surface area contributed by atoms with Crippen LogP contribution in [-0.2, 0) is 11.2 Å². The average molecular weight is 412 g/mol. The van der Waals surface area contributed by atoms with Crippen LogP contribution in [0.1, 0.15) is 11.1 Å². The molecule has 2 aromatic heterocycles. The summed E-state index contributed by atoms with van der Waals surface area (Å²) in [7, 11) is 0. The molecule has 31 heavy (non-hydrogen) atoms. The lowest BCUT2D eigenvalue weighted by Crippen LogP contribution is -2.30. The van der Waals surface area contributed by atoms with Gasteiger partial charge in [0.25, 0.3) is 0 Å². The lowest BCUT2D eigenvalue weighted by atomic mass is 10.0. The summed E-state index contributed by atoms with van der Waals surface area (Å²) in [4.78, 5) is 16.6. The lowest BCUT2D eigenvalue weighted by molar-refractivity contribution is -0.120. The SMILES string of the molecule is Cc1ccc(Nc2ccc(NCCNC(=O)Cc3cccc4ccccc34)nn2)nc1. The first-order chi connectivity index (χ1) is 15.2. The van der Waals surface area contributed by atoms with Crippen LogP contribution < -0.4 is 16.0 Å². The molecule has 7 nitrogen and oxygen atoms in total. The van der Waals surface area contributed by atoms with Crippen molar-refractivity contribution in [2.24, 2.45) is 0 Å². The van der Waals surface area contributed by atoms with E-state index in [0.717, 1.165) is 27.7 Å². The fraction of sp³-hybridized carbons (Fsp3) is 0.167. The van der Waals surface area contributed by atoms with Gasteiger partial charge in [0.05, 0.1) is 6.42 Å². The molecule has 0 aliphatic carbocycles. The second-order valence-corrected chi connectivity index (χ2v) is 7.24. The summed E-state index contributed by atoms with van der Waals surface area (Å²) in [6, 6.07) is 21.7. The minimum Gasteiger partial charge on any atom is -0.367 e. The van der Waals surface area contributed by atoms with E-state index < -0.39 is 0 Å². The van der Waals surface area contributed by atoms with Gasteiger partial charge in [-0.1, -0.05) is 48.5 Å². The van der Waals surface area contributed by atoms with Crippen LogP contribution in [0.3, 0.4) is 0 Å². The maximum Gasteiger partial charge on any atom is 0.224 e. The Labute approximate surface area is 180 Å². The number of hydrogen-bond donors (Lipinski definition) is 3. The number of amides is 1. The van der Waals surface area contributed by atoms with Crippen molar-refractivity contribution in [2.45, 2.75) is 13.3 Å². The van der Waals surface area contributed by atoms with Crippen LogP contribution in [0, 0.1) is 6.92 Å². The minimum absolute atomic E-state index is 0.00520. The molecule has 0 unspecified atom stereocenters. The molecule has 7 heteroatoms. The topological polar surface area (TPSA) is 91.8 Å². The molecule has 0 spiro atoms. The predicted molar refractivity (Wildman–Crippen MR) is 123 cm³/mol. The summed E-state index contributed by atoms with van der Waals surface area (Å²) in [6.07, 6.45) is 2.15. The first kappa shape index (κ1) is 20.3. The maximum atomic E-state index is 12.3. The van der Waals surface area contributed by atoms with Crippen molar-refractivity contribution in [2.75, 3.05) is 23.7 Å². The van der Waals surface area contributed by atoms with Crippen LogP contribution in [0.2, 0.25) is 0 Å². The zero-order chi connectivity index (χ0) is 21.5. The molecular weight excluding hydrogens is 388 g/mol. The number of carbonyl (C=O) groups excluding carboxylic acids is 1. The number of hydrogen-bond acceptors (Lipinski definition) is 6. The zero-order valence-electron chi connectivity index (χ0n) is 17.3. The molecule has 0 fully saturated rings. The number of carbonyl (C=O) groups is 1.